The quantitative estimate of drug-likeness (QED) is 0.427. The first-order valence-electron chi connectivity index (χ1n) is 9.79. The largest absolute Gasteiger partial charge is 0.378 e. The van der Waals surface area contributed by atoms with Crippen molar-refractivity contribution < 1.29 is 4.79 Å². The zero-order valence-corrected chi connectivity index (χ0v) is 16.8. The molecule has 0 aliphatic heterocycles. The number of nitrogens with zero attached hydrogens (tertiary/aromatic N) is 3. The number of ketones is 1. The van der Waals surface area contributed by atoms with Crippen molar-refractivity contribution in [3.63, 3.8) is 0 Å². The van der Waals surface area contributed by atoms with Gasteiger partial charge in [-0.15, -0.1) is 0 Å². The number of carbonyl (C=O) groups is 1. The lowest BCUT2D eigenvalue weighted by Gasteiger charge is -2.12. The van der Waals surface area contributed by atoms with E-state index in [1.807, 2.05) is 79.7 Å². The molecule has 6 nitrogen and oxygen atoms in total. The number of nitrogens with one attached hydrogen (secondary N) is 2. The molecule has 0 saturated heterocycles. The Kier molecular flexibility index (Phi) is 4.32. The summed E-state index contributed by atoms with van der Waals surface area (Å²) in [5.74, 6) is 0.897. The number of hydrogen-bond donors (Lipinski definition) is 2. The SMILES string of the molecule is CN(C)c1ccc(C(=O)Cc2ccc3nc(-c4ccc5nc[nH]c5c4)[nH]c3c2)cc1. The summed E-state index contributed by atoms with van der Waals surface area (Å²) in [4.78, 5) is 30.2. The van der Waals surface area contributed by atoms with Crippen LogP contribution in [0.5, 0.6) is 0 Å². The Morgan fingerprint density at radius 2 is 1.73 bits per heavy atom. The molecular weight excluding hydrogens is 374 g/mol. The van der Waals surface area contributed by atoms with Crippen molar-refractivity contribution in [3.05, 3.63) is 78.1 Å². The van der Waals surface area contributed by atoms with Crippen LogP contribution >= 0.6 is 0 Å². The molecule has 0 radical (unpaired) electrons. The molecule has 0 spiro atoms. The van der Waals surface area contributed by atoms with Gasteiger partial charge in [0.05, 0.1) is 28.4 Å². The van der Waals surface area contributed by atoms with Crippen molar-refractivity contribution in [2.45, 2.75) is 6.42 Å². The summed E-state index contributed by atoms with van der Waals surface area (Å²) >= 11 is 0. The molecule has 0 atom stereocenters. The third kappa shape index (κ3) is 3.33. The van der Waals surface area contributed by atoms with Gasteiger partial charge in [-0.1, -0.05) is 6.07 Å². The second kappa shape index (κ2) is 7.15. The molecule has 0 saturated carbocycles. The zero-order chi connectivity index (χ0) is 20.7. The van der Waals surface area contributed by atoms with Crippen LogP contribution in [0.2, 0.25) is 0 Å². The summed E-state index contributed by atoms with van der Waals surface area (Å²) < 4.78 is 0. The average Bonchev–Trinajstić information content (AvgIpc) is 3.39. The van der Waals surface area contributed by atoms with E-state index in [0.29, 0.717) is 6.42 Å². The Balaban J connectivity index is 1.40. The number of anilines is 1. The van der Waals surface area contributed by atoms with Gasteiger partial charge in [0.25, 0.3) is 0 Å². The number of hydrogen-bond acceptors (Lipinski definition) is 4. The minimum atomic E-state index is 0.101. The van der Waals surface area contributed by atoms with E-state index in [1.54, 1.807) is 6.33 Å². The van der Waals surface area contributed by atoms with Crippen molar-refractivity contribution >= 4 is 33.5 Å². The van der Waals surface area contributed by atoms with Gasteiger partial charge in [0.15, 0.2) is 5.78 Å². The van der Waals surface area contributed by atoms with Crippen LogP contribution in [-0.4, -0.2) is 39.8 Å². The molecule has 0 unspecified atom stereocenters. The third-order valence-corrected chi connectivity index (χ3v) is 5.31. The number of Topliss-reactive ketones (excluding diaryl/α,β-unsaturated/α-hetero) is 1. The molecular formula is C24H21N5O. The van der Waals surface area contributed by atoms with Crippen molar-refractivity contribution in [1.82, 2.24) is 19.9 Å². The summed E-state index contributed by atoms with van der Waals surface area (Å²) in [6, 6.07) is 19.6. The summed E-state index contributed by atoms with van der Waals surface area (Å²) in [6.45, 7) is 0. The predicted octanol–water partition coefficient (Wildman–Crippen LogP) is 4.60. The lowest BCUT2D eigenvalue weighted by Crippen LogP contribution is -2.09. The lowest BCUT2D eigenvalue weighted by molar-refractivity contribution is 0.0993. The van der Waals surface area contributed by atoms with Gasteiger partial charge in [-0.05, 0) is 60.2 Å². The number of fused-ring (bicyclic) bond motifs is 2. The second-order valence-corrected chi connectivity index (χ2v) is 7.61. The van der Waals surface area contributed by atoms with Crippen LogP contribution in [0.4, 0.5) is 5.69 Å². The van der Waals surface area contributed by atoms with Crippen molar-refractivity contribution in [2.24, 2.45) is 0 Å². The van der Waals surface area contributed by atoms with Gasteiger partial charge in [-0.2, -0.15) is 0 Å². The van der Waals surface area contributed by atoms with Crippen LogP contribution in [0, 0.1) is 0 Å². The highest BCUT2D eigenvalue weighted by Gasteiger charge is 2.11. The Morgan fingerprint density at radius 3 is 2.53 bits per heavy atom. The summed E-state index contributed by atoms with van der Waals surface area (Å²) in [5.41, 5.74) is 7.44. The number of carbonyl (C=O) groups excluding carboxylic acids is 1. The minimum Gasteiger partial charge on any atom is -0.378 e. The van der Waals surface area contributed by atoms with E-state index < -0.39 is 0 Å². The van der Waals surface area contributed by atoms with Crippen LogP contribution in [-0.2, 0) is 6.42 Å². The van der Waals surface area contributed by atoms with E-state index in [-0.39, 0.29) is 5.78 Å². The first kappa shape index (κ1) is 18.1. The minimum absolute atomic E-state index is 0.101. The van der Waals surface area contributed by atoms with Gasteiger partial charge < -0.3 is 14.9 Å². The Hall–Kier alpha value is -3.93. The number of aromatic amines is 2. The monoisotopic (exact) mass is 395 g/mol. The molecule has 2 aromatic heterocycles. The van der Waals surface area contributed by atoms with E-state index in [9.17, 15) is 4.79 Å². The summed E-state index contributed by atoms with van der Waals surface area (Å²) in [5, 5.41) is 0. The van der Waals surface area contributed by atoms with E-state index in [2.05, 4.69) is 15.0 Å². The van der Waals surface area contributed by atoms with Crippen molar-refractivity contribution in [3.8, 4) is 11.4 Å². The molecule has 30 heavy (non-hydrogen) atoms. The van der Waals surface area contributed by atoms with Gasteiger partial charge in [0.2, 0.25) is 0 Å². The predicted molar refractivity (Wildman–Crippen MR) is 120 cm³/mol. The third-order valence-electron chi connectivity index (χ3n) is 5.31. The molecule has 0 aliphatic rings. The van der Waals surface area contributed by atoms with Gasteiger partial charge in [0.1, 0.15) is 5.82 Å². The molecule has 0 fully saturated rings. The maximum atomic E-state index is 12.7. The van der Waals surface area contributed by atoms with Crippen LogP contribution in [0.1, 0.15) is 15.9 Å². The molecule has 148 valence electrons. The highest BCUT2D eigenvalue weighted by molar-refractivity contribution is 5.98. The number of H-pyrrole nitrogens is 2. The molecule has 2 heterocycles. The smallest absolute Gasteiger partial charge is 0.167 e. The fourth-order valence-corrected chi connectivity index (χ4v) is 3.62. The maximum Gasteiger partial charge on any atom is 0.167 e. The topological polar surface area (TPSA) is 77.7 Å². The molecule has 5 aromatic rings. The van der Waals surface area contributed by atoms with Gasteiger partial charge in [-0.25, -0.2) is 9.97 Å². The number of rotatable bonds is 5. The van der Waals surface area contributed by atoms with Crippen LogP contribution < -0.4 is 4.90 Å². The standard InChI is InChI=1S/C24H21N5O/c1-29(2)18-7-4-16(5-8-18)23(30)12-15-3-9-20-22(11-15)28-24(27-20)17-6-10-19-21(13-17)26-14-25-19/h3-11,13-14H,12H2,1-2H3,(H,25,26)(H,27,28). The number of benzene rings is 3. The van der Waals surface area contributed by atoms with Gasteiger partial charge in [-0.3, -0.25) is 4.79 Å². The van der Waals surface area contributed by atoms with Crippen molar-refractivity contribution in [2.75, 3.05) is 19.0 Å². The molecule has 0 amide bonds. The highest BCUT2D eigenvalue weighted by Crippen LogP contribution is 2.24. The first-order chi connectivity index (χ1) is 14.6. The molecule has 0 bridgehead atoms. The zero-order valence-electron chi connectivity index (χ0n) is 16.8. The molecule has 0 aliphatic carbocycles. The molecule has 5 rings (SSSR count). The van der Waals surface area contributed by atoms with Gasteiger partial charge >= 0.3 is 0 Å². The van der Waals surface area contributed by atoms with E-state index >= 15 is 0 Å². The van der Waals surface area contributed by atoms with Crippen LogP contribution in [0.25, 0.3) is 33.5 Å². The molecule has 6 heteroatoms. The number of imidazole rings is 2. The first-order valence-corrected chi connectivity index (χ1v) is 9.79. The highest BCUT2D eigenvalue weighted by atomic mass is 16.1. The summed E-state index contributed by atoms with van der Waals surface area (Å²) in [6.07, 6.45) is 2.04. The van der Waals surface area contributed by atoms with Crippen LogP contribution in [0.15, 0.2) is 67.0 Å². The van der Waals surface area contributed by atoms with Crippen LogP contribution in [0.3, 0.4) is 0 Å². The van der Waals surface area contributed by atoms with E-state index in [4.69, 9.17) is 4.98 Å². The molecule has 3 aromatic carbocycles. The Bertz CT molecular complexity index is 1360. The Labute approximate surface area is 173 Å². The fourth-order valence-electron chi connectivity index (χ4n) is 3.62. The van der Waals surface area contributed by atoms with Crippen molar-refractivity contribution in [1.29, 1.82) is 0 Å². The average molecular weight is 395 g/mol. The maximum absolute atomic E-state index is 12.7. The van der Waals surface area contributed by atoms with E-state index in [1.165, 1.54) is 0 Å². The van der Waals surface area contributed by atoms with Gasteiger partial charge in [0, 0.05) is 37.3 Å². The fraction of sp³-hybridized carbons (Fsp3) is 0.125. The second-order valence-electron chi connectivity index (χ2n) is 7.61. The lowest BCUT2D eigenvalue weighted by atomic mass is 10.0. The Morgan fingerprint density at radius 1 is 0.933 bits per heavy atom. The summed E-state index contributed by atoms with van der Waals surface area (Å²) in [7, 11) is 3.97. The molecule has 2 N–H and O–H groups in total. The normalized spacial score (nSPS) is 11.3. The van der Waals surface area contributed by atoms with E-state index in [0.717, 1.165) is 50.3 Å². The number of aromatic nitrogens is 4.